The van der Waals surface area contributed by atoms with E-state index in [0.29, 0.717) is 0 Å². The highest BCUT2D eigenvalue weighted by Crippen LogP contribution is 2.39. The second-order valence-electron chi connectivity index (χ2n) is 8.60. The lowest BCUT2D eigenvalue weighted by atomic mass is 9.87. The number of hydrogen-bond acceptors (Lipinski definition) is 1. The van der Waals surface area contributed by atoms with Crippen LogP contribution in [0.1, 0.15) is 47.1 Å². The number of rotatable bonds is 0. The van der Waals surface area contributed by atoms with E-state index in [0.717, 1.165) is 28.2 Å². The molecule has 1 aliphatic heterocycles. The Morgan fingerprint density at radius 2 is 1.71 bits per heavy atom. The van der Waals surface area contributed by atoms with Gasteiger partial charge in [-0.05, 0) is 43.9 Å². The SMILES string of the molecule is CC(C)(C)c1ccc2c(c1)Oc1cccc3c1[n+]-2[c-]n3C(C)(C)C. The summed E-state index contributed by atoms with van der Waals surface area (Å²) in [6.07, 6.45) is 3.54. The molecule has 3 heteroatoms. The molecule has 0 saturated carbocycles. The van der Waals surface area contributed by atoms with Gasteiger partial charge in [-0.2, -0.15) is 0 Å². The highest BCUT2D eigenvalue weighted by molar-refractivity contribution is 5.81. The van der Waals surface area contributed by atoms with Gasteiger partial charge in [0.25, 0.3) is 0 Å². The quantitative estimate of drug-likeness (QED) is 0.334. The highest BCUT2D eigenvalue weighted by atomic mass is 16.5. The topological polar surface area (TPSA) is 18.0 Å². The summed E-state index contributed by atoms with van der Waals surface area (Å²) in [5, 5.41) is 0. The molecule has 2 heterocycles. The maximum atomic E-state index is 6.26. The van der Waals surface area contributed by atoms with Crippen LogP contribution in [0.2, 0.25) is 0 Å². The van der Waals surface area contributed by atoms with Gasteiger partial charge in [-0.15, -0.1) is 0 Å². The first-order chi connectivity index (χ1) is 11.2. The van der Waals surface area contributed by atoms with Crippen molar-refractivity contribution in [3.05, 3.63) is 48.3 Å². The fourth-order valence-corrected chi connectivity index (χ4v) is 3.25. The van der Waals surface area contributed by atoms with Crippen molar-refractivity contribution in [3.63, 3.8) is 0 Å². The molecule has 0 unspecified atom stereocenters. The van der Waals surface area contributed by atoms with Crippen LogP contribution in [0.5, 0.6) is 11.5 Å². The van der Waals surface area contributed by atoms with Crippen molar-refractivity contribution in [2.24, 2.45) is 0 Å². The summed E-state index contributed by atoms with van der Waals surface area (Å²) in [6.45, 7) is 13.3. The minimum absolute atomic E-state index is 0.0437. The van der Waals surface area contributed by atoms with Crippen molar-refractivity contribution in [1.82, 2.24) is 4.57 Å². The minimum atomic E-state index is -0.0437. The molecule has 0 aliphatic carbocycles. The standard InChI is InChI=1S/C21H24N2O/c1-20(2,3)14-10-11-15-18(12-14)24-17-9-7-8-16-19(17)22(15)13-23(16)21(4,5)6/h7-12H,1-6H3. The Bertz CT molecular complexity index is 952. The highest BCUT2D eigenvalue weighted by Gasteiger charge is 2.27. The van der Waals surface area contributed by atoms with Gasteiger partial charge in [-0.3, -0.25) is 0 Å². The first kappa shape index (κ1) is 15.3. The van der Waals surface area contributed by atoms with Crippen molar-refractivity contribution in [2.45, 2.75) is 52.5 Å². The summed E-state index contributed by atoms with van der Waals surface area (Å²) in [5.41, 5.74) is 4.60. The van der Waals surface area contributed by atoms with Crippen molar-refractivity contribution in [2.75, 3.05) is 0 Å². The molecule has 1 aromatic heterocycles. The van der Waals surface area contributed by atoms with Gasteiger partial charge in [0, 0.05) is 0 Å². The zero-order chi connectivity index (χ0) is 17.3. The Morgan fingerprint density at radius 1 is 0.958 bits per heavy atom. The summed E-state index contributed by atoms with van der Waals surface area (Å²) >= 11 is 0. The first-order valence-corrected chi connectivity index (χ1v) is 8.48. The predicted molar refractivity (Wildman–Crippen MR) is 96.1 cm³/mol. The summed E-state index contributed by atoms with van der Waals surface area (Å²) < 4.78 is 10.6. The molecule has 0 atom stereocenters. The van der Waals surface area contributed by atoms with Gasteiger partial charge in [0.05, 0.1) is 22.3 Å². The number of aromatic nitrogens is 2. The smallest absolute Gasteiger partial charge is 0.244 e. The van der Waals surface area contributed by atoms with Crippen LogP contribution >= 0.6 is 0 Å². The average molecular weight is 320 g/mol. The molecule has 2 aromatic carbocycles. The van der Waals surface area contributed by atoms with Gasteiger partial charge in [0.15, 0.2) is 0 Å². The molecule has 0 saturated heterocycles. The Labute approximate surface area is 143 Å². The fourth-order valence-electron chi connectivity index (χ4n) is 3.25. The molecule has 3 aromatic rings. The Morgan fingerprint density at radius 3 is 2.38 bits per heavy atom. The lowest BCUT2D eigenvalue weighted by Gasteiger charge is -2.25. The molecule has 0 fully saturated rings. The van der Waals surface area contributed by atoms with Crippen molar-refractivity contribution in [3.8, 4) is 17.2 Å². The molecule has 0 amide bonds. The molecule has 0 bridgehead atoms. The third-order valence-electron chi connectivity index (χ3n) is 4.60. The van der Waals surface area contributed by atoms with Crippen LogP contribution in [0.3, 0.4) is 0 Å². The van der Waals surface area contributed by atoms with E-state index < -0.39 is 0 Å². The van der Waals surface area contributed by atoms with E-state index in [2.05, 4.69) is 87.3 Å². The molecular weight excluding hydrogens is 296 g/mol. The third-order valence-corrected chi connectivity index (χ3v) is 4.60. The van der Waals surface area contributed by atoms with Crippen molar-refractivity contribution >= 4 is 11.0 Å². The molecule has 0 spiro atoms. The average Bonchev–Trinajstić information content (AvgIpc) is 2.88. The first-order valence-electron chi connectivity index (χ1n) is 8.48. The van der Waals surface area contributed by atoms with Crippen molar-refractivity contribution in [1.29, 1.82) is 0 Å². The van der Waals surface area contributed by atoms with Gasteiger partial charge in [-0.25, -0.2) is 0 Å². The van der Waals surface area contributed by atoms with Crippen molar-refractivity contribution < 1.29 is 9.30 Å². The normalized spacial score (nSPS) is 13.8. The minimum Gasteiger partial charge on any atom is -0.469 e. The molecule has 1 aliphatic rings. The van der Waals surface area contributed by atoms with Gasteiger partial charge in [0.1, 0.15) is 11.5 Å². The largest absolute Gasteiger partial charge is 0.469 e. The van der Waals surface area contributed by atoms with Gasteiger partial charge < -0.3 is 13.9 Å². The van der Waals surface area contributed by atoms with Gasteiger partial charge in [-0.1, -0.05) is 45.0 Å². The van der Waals surface area contributed by atoms with Crippen LogP contribution in [0.15, 0.2) is 36.4 Å². The zero-order valence-corrected chi connectivity index (χ0v) is 15.3. The van der Waals surface area contributed by atoms with E-state index in [9.17, 15) is 0 Å². The van der Waals surface area contributed by atoms with E-state index in [-0.39, 0.29) is 11.0 Å². The van der Waals surface area contributed by atoms with E-state index in [1.54, 1.807) is 0 Å². The second kappa shape index (κ2) is 4.62. The van der Waals surface area contributed by atoms with Gasteiger partial charge >= 0.3 is 0 Å². The lowest BCUT2D eigenvalue weighted by molar-refractivity contribution is -0.576. The number of hydrogen-bond donors (Lipinski definition) is 0. The Balaban J connectivity index is 2.01. The molecular formula is C21H24N2O. The second-order valence-corrected chi connectivity index (χ2v) is 8.60. The van der Waals surface area contributed by atoms with E-state index >= 15 is 0 Å². The fraction of sp³-hybridized carbons (Fsp3) is 0.381. The molecule has 0 N–H and O–H groups in total. The maximum Gasteiger partial charge on any atom is 0.244 e. The summed E-state index contributed by atoms with van der Waals surface area (Å²) in [7, 11) is 0. The van der Waals surface area contributed by atoms with E-state index in [1.807, 2.05) is 6.07 Å². The van der Waals surface area contributed by atoms with Crippen LogP contribution in [0, 0.1) is 6.33 Å². The summed E-state index contributed by atoms with van der Waals surface area (Å²) in [6, 6.07) is 12.7. The van der Waals surface area contributed by atoms with Gasteiger partial charge in [0.2, 0.25) is 6.33 Å². The number of nitrogens with zero attached hydrogens (tertiary/aromatic N) is 2. The number of fused-ring (bicyclic) bond motifs is 2. The molecule has 3 nitrogen and oxygen atoms in total. The van der Waals surface area contributed by atoms with Crippen LogP contribution in [0.4, 0.5) is 0 Å². The number of ether oxygens (including phenoxy) is 1. The maximum absolute atomic E-state index is 6.26. The molecule has 0 radical (unpaired) electrons. The van der Waals surface area contributed by atoms with Crippen LogP contribution in [0.25, 0.3) is 16.7 Å². The molecule has 124 valence electrons. The third kappa shape index (κ3) is 2.15. The number of benzene rings is 2. The number of para-hydroxylation sites is 1. The number of imidazole rings is 1. The summed E-state index contributed by atoms with van der Waals surface area (Å²) in [4.78, 5) is 0. The van der Waals surface area contributed by atoms with E-state index in [1.165, 1.54) is 5.56 Å². The monoisotopic (exact) mass is 320 g/mol. The predicted octanol–water partition coefficient (Wildman–Crippen LogP) is 4.88. The Hall–Kier alpha value is -2.29. The Kier molecular flexibility index (Phi) is 2.94. The lowest BCUT2D eigenvalue weighted by Crippen LogP contribution is -2.34. The van der Waals surface area contributed by atoms with Crippen LogP contribution in [-0.2, 0) is 11.0 Å². The summed E-state index contributed by atoms with van der Waals surface area (Å²) in [5.74, 6) is 1.79. The van der Waals surface area contributed by atoms with Crippen LogP contribution < -0.4 is 9.30 Å². The van der Waals surface area contributed by atoms with Crippen LogP contribution in [-0.4, -0.2) is 4.57 Å². The molecule has 4 rings (SSSR count). The zero-order valence-electron chi connectivity index (χ0n) is 15.3. The molecule has 24 heavy (non-hydrogen) atoms. The van der Waals surface area contributed by atoms with E-state index in [4.69, 9.17) is 4.74 Å².